The summed E-state index contributed by atoms with van der Waals surface area (Å²) < 4.78 is 123. The Morgan fingerprint density at radius 1 is 0.907 bits per heavy atom. The fraction of sp³-hybridized carbons (Fsp3) is 0.536. The highest BCUT2D eigenvalue weighted by Gasteiger charge is 2.74. The number of nitrogens with zero attached hydrogens (tertiary/aromatic N) is 2. The third kappa shape index (κ3) is 4.69. The molecule has 2 aliphatic carbocycles. The first-order chi connectivity index (χ1) is 20.0. The van der Waals surface area contributed by atoms with Crippen molar-refractivity contribution in [2.75, 3.05) is 6.54 Å². The van der Waals surface area contributed by atoms with Crippen LogP contribution in [0.15, 0.2) is 47.6 Å². The van der Waals surface area contributed by atoms with Crippen LogP contribution in [-0.4, -0.2) is 60.2 Å². The minimum Gasteiger partial charge on any atom is -0.481 e. The van der Waals surface area contributed by atoms with Gasteiger partial charge in [-0.05, 0) is 68.2 Å². The number of hydrogen-bond acceptors (Lipinski definition) is 5. The van der Waals surface area contributed by atoms with Crippen LogP contribution in [0.4, 0.5) is 30.7 Å². The summed E-state index contributed by atoms with van der Waals surface area (Å²) >= 11 is 0. The minimum atomic E-state index is -6.34. The highest BCUT2D eigenvalue weighted by Crippen LogP contribution is 2.56. The largest absolute Gasteiger partial charge is 0.481 e. The standard InChI is InChI=1S/C28H27F7N2O5S/c29-26(27(30,31)32,28(33,34)35)19-9-10-20-18(15-19)8-11-21-25(20,43(41,42)22-3-1-2-13-36-22)12-14-37(21)23(38)16-4-6-17(7-5-16)24(39)40/h1-3,9-10,13,15-17,21H,4-8,11-12,14H2,(H,39,40)/t16-,17-,21?,25?. The van der Waals surface area contributed by atoms with Gasteiger partial charge in [0.2, 0.25) is 15.7 Å². The summed E-state index contributed by atoms with van der Waals surface area (Å²) in [6.07, 6.45) is -11.0. The average Bonchev–Trinajstić information content (AvgIpc) is 3.37. The van der Waals surface area contributed by atoms with Crippen molar-refractivity contribution in [3.8, 4) is 0 Å². The number of hydrogen-bond donors (Lipinski definition) is 1. The van der Waals surface area contributed by atoms with Gasteiger partial charge in [-0.1, -0.05) is 24.3 Å². The number of benzene rings is 1. The van der Waals surface area contributed by atoms with Crippen LogP contribution >= 0.6 is 0 Å². The monoisotopic (exact) mass is 636 g/mol. The topological polar surface area (TPSA) is 105 Å². The Balaban J connectivity index is 1.61. The molecule has 15 heteroatoms. The van der Waals surface area contributed by atoms with Gasteiger partial charge in [-0.25, -0.2) is 17.8 Å². The number of likely N-dealkylation sites (tertiary alicyclic amines) is 1. The Bertz CT molecular complexity index is 1510. The summed E-state index contributed by atoms with van der Waals surface area (Å²) in [5, 5.41) is 8.91. The molecular formula is C28H27F7N2O5S. The number of carboxylic acids is 1. The molecule has 1 aliphatic heterocycles. The van der Waals surface area contributed by atoms with E-state index in [1.54, 1.807) is 0 Å². The molecule has 234 valence electrons. The molecule has 1 aromatic carbocycles. The summed E-state index contributed by atoms with van der Waals surface area (Å²) in [6.45, 7) is -0.0756. The van der Waals surface area contributed by atoms with Crippen LogP contribution in [0.2, 0.25) is 0 Å². The van der Waals surface area contributed by atoms with Gasteiger partial charge in [-0.15, -0.1) is 0 Å². The maximum Gasteiger partial charge on any atom is 0.435 e. The number of carboxylic acid groups (broad SMARTS) is 1. The van der Waals surface area contributed by atoms with Gasteiger partial charge in [0.1, 0.15) is 4.75 Å². The van der Waals surface area contributed by atoms with Crippen LogP contribution in [0.25, 0.3) is 0 Å². The van der Waals surface area contributed by atoms with Crippen LogP contribution in [0.3, 0.4) is 0 Å². The number of carbonyl (C=O) groups excluding carboxylic acids is 1. The van der Waals surface area contributed by atoms with E-state index in [-0.39, 0.29) is 68.5 Å². The van der Waals surface area contributed by atoms with Gasteiger partial charge in [0.25, 0.3) is 0 Å². The van der Waals surface area contributed by atoms with E-state index in [0.717, 1.165) is 6.07 Å². The lowest BCUT2D eigenvalue weighted by Gasteiger charge is -2.43. The Morgan fingerprint density at radius 2 is 1.53 bits per heavy atom. The molecule has 1 N–H and O–H groups in total. The quantitative estimate of drug-likeness (QED) is 0.436. The SMILES string of the molecule is O=C(O)[C@H]1CC[C@H](C(=O)N2CCC3(S(=O)(=O)c4ccccn4)c4ccc(C(F)(C(F)(F)F)C(F)(F)F)cc4CCC23)CC1. The zero-order chi connectivity index (χ0) is 31.6. The van der Waals surface area contributed by atoms with Gasteiger partial charge in [0, 0.05) is 24.2 Å². The molecule has 2 heterocycles. The van der Waals surface area contributed by atoms with Gasteiger partial charge in [-0.2, -0.15) is 26.3 Å². The highest BCUT2D eigenvalue weighted by molar-refractivity contribution is 7.92. The number of rotatable bonds is 5. The van der Waals surface area contributed by atoms with E-state index >= 15 is 0 Å². The Hall–Kier alpha value is -3.23. The number of aryl methyl sites for hydroxylation is 1. The third-order valence-electron chi connectivity index (χ3n) is 9.17. The molecule has 43 heavy (non-hydrogen) atoms. The number of pyridine rings is 1. The number of amides is 1. The molecule has 2 atom stereocenters. The van der Waals surface area contributed by atoms with Crippen molar-refractivity contribution >= 4 is 21.7 Å². The first-order valence-corrected chi connectivity index (χ1v) is 15.1. The van der Waals surface area contributed by atoms with Crippen LogP contribution in [0.1, 0.15) is 55.2 Å². The van der Waals surface area contributed by atoms with E-state index in [2.05, 4.69) is 4.98 Å². The molecule has 2 aromatic rings. The van der Waals surface area contributed by atoms with E-state index < -0.39 is 67.0 Å². The van der Waals surface area contributed by atoms with Crippen molar-refractivity contribution < 1.29 is 53.8 Å². The van der Waals surface area contributed by atoms with Crippen molar-refractivity contribution in [2.24, 2.45) is 11.8 Å². The molecule has 0 bridgehead atoms. The summed E-state index contributed by atoms with van der Waals surface area (Å²) in [5.41, 5.74) is -7.70. The van der Waals surface area contributed by atoms with Crippen molar-refractivity contribution in [3.63, 3.8) is 0 Å². The predicted molar refractivity (Wildman–Crippen MR) is 136 cm³/mol. The van der Waals surface area contributed by atoms with Gasteiger partial charge < -0.3 is 10.0 Å². The molecule has 5 rings (SSSR count). The molecule has 7 nitrogen and oxygen atoms in total. The smallest absolute Gasteiger partial charge is 0.435 e. The normalized spacial score (nSPS) is 26.5. The highest BCUT2D eigenvalue weighted by atomic mass is 32.2. The zero-order valence-corrected chi connectivity index (χ0v) is 23.3. The van der Waals surface area contributed by atoms with Gasteiger partial charge >= 0.3 is 24.0 Å². The lowest BCUT2D eigenvalue weighted by Crippen LogP contribution is -2.54. The molecule has 1 saturated heterocycles. The van der Waals surface area contributed by atoms with Crippen molar-refractivity contribution in [1.82, 2.24) is 9.88 Å². The molecule has 1 aromatic heterocycles. The van der Waals surface area contributed by atoms with E-state index in [9.17, 15) is 53.8 Å². The second-order valence-electron chi connectivity index (χ2n) is 11.3. The second-order valence-corrected chi connectivity index (χ2v) is 13.5. The fourth-order valence-electron chi connectivity index (χ4n) is 7.01. The Kier molecular flexibility index (Phi) is 7.58. The van der Waals surface area contributed by atoms with Crippen molar-refractivity contribution in [3.05, 3.63) is 59.3 Å². The molecule has 2 fully saturated rings. The first-order valence-electron chi connectivity index (χ1n) is 13.6. The number of aromatic nitrogens is 1. The number of halogens is 7. The van der Waals surface area contributed by atoms with Crippen molar-refractivity contribution in [2.45, 2.75) is 78.8 Å². The second kappa shape index (κ2) is 10.4. The Morgan fingerprint density at radius 3 is 2.09 bits per heavy atom. The number of carbonyl (C=O) groups is 2. The summed E-state index contributed by atoms with van der Waals surface area (Å²) in [4.78, 5) is 30.4. The molecular weight excluding hydrogens is 609 g/mol. The molecule has 0 spiro atoms. The van der Waals surface area contributed by atoms with Gasteiger partial charge in [0.15, 0.2) is 5.03 Å². The lowest BCUT2D eigenvalue weighted by molar-refractivity contribution is -0.348. The summed E-state index contributed by atoms with van der Waals surface area (Å²) in [6, 6.07) is 4.58. The van der Waals surface area contributed by atoms with Crippen LogP contribution < -0.4 is 0 Å². The molecule has 0 radical (unpaired) electrons. The maximum atomic E-state index is 15.0. The van der Waals surface area contributed by atoms with Crippen LogP contribution in [0.5, 0.6) is 0 Å². The van der Waals surface area contributed by atoms with Gasteiger partial charge in [-0.3, -0.25) is 9.59 Å². The summed E-state index contributed by atoms with van der Waals surface area (Å²) in [7, 11) is -4.52. The van der Waals surface area contributed by atoms with Gasteiger partial charge in [0.05, 0.1) is 12.0 Å². The van der Waals surface area contributed by atoms with E-state index in [4.69, 9.17) is 0 Å². The number of sulfone groups is 1. The van der Waals surface area contributed by atoms with Crippen LogP contribution in [-0.2, 0) is 36.3 Å². The Labute approximate surface area is 242 Å². The van der Waals surface area contributed by atoms with E-state index in [0.29, 0.717) is 12.1 Å². The summed E-state index contributed by atoms with van der Waals surface area (Å²) in [5.74, 6) is -2.52. The van der Waals surface area contributed by atoms with Crippen LogP contribution in [0, 0.1) is 11.8 Å². The first kappa shape index (κ1) is 31.2. The molecule has 2 unspecified atom stereocenters. The fourth-order valence-corrected chi connectivity index (χ4v) is 9.29. The zero-order valence-electron chi connectivity index (χ0n) is 22.5. The molecule has 1 amide bonds. The minimum absolute atomic E-state index is 0.0756. The third-order valence-corrected chi connectivity index (χ3v) is 11.6. The molecule has 3 aliphatic rings. The van der Waals surface area contributed by atoms with E-state index in [1.807, 2.05) is 0 Å². The van der Waals surface area contributed by atoms with E-state index in [1.165, 1.54) is 29.3 Å². The maximum absolute atomic E-state index is 15.0. The number of alkyl halides is 7. The number of fused-ring (bicyclic) bond motifs is 3. The van der Waals surface area contributed by atoms with Crippen molar-refractivity contribution in [1.29, 1.82) is 0 Å². The average molecular weight is 637 g/mol. The molecule has 1 saturated carbocycles. The lowest BCUT2D eigenvalue weighted by atomic mass is 9.76. The predicted octanol–water partition coefficient (Wildman–Crippen LogP) is 5.48. The number of aliphatic carboxylic acids is 1.